The molecule has 0 saturated heterocycles. The minimum Gasteiger partial charge on any atom is -0.462 e. The lowest BCUT2D eigenvalue weighted by atomic mass is 9.97. The normalized spacial score (nSPS) is 11.5. The molecule has 0 amide bonds. The zero-order valence-electron chi connectivity index (χ0n) is 13.0. The van der Waals surface area contributed by atoms with E-state index in [2.05, 4.69) is 13.8 Å². The third-order valence-electron chi connectivity index (χ3n) is 2.78. The van der Waals surface area contributed by atoms with Gasteiger partial charge in [-0.3, -0.25) is 9.59 Å². The molecule has 4 heteroatoms. The summed E-state index contributed by atoms with van der Waals surface area (Å²) < 4.78 is 10.2. The van der Waals surface area contributed by atoms with Crippen molar-refractivity contribution in [1.82, 2.24) is 0 Å². The SMILES string of the molecule is CCCC(CCC)C(=O)OCCOC(=O)C(C)(C)C. The highest BCUT2D eigenvalue weighted by Crippen LogP contribution is 2.16. The van der Waals surface area contributed by atoms with Crippen LogP contribution in [0.3, 0.4) is 0 Å². The van der Waals surface area contributed by atoms with Crippen molar-refractivity contribution in [1.29, 1.82) is 0 Å². The Morgan fingerprint density at radius 3 is 1.84 bits per heavy atom. The van der Waals surface area contributed by atoms with Crippen LogP contribution in [0, 0.1) is 11.3 Å². The van der Waals surface area contributed by atoms with Crippen LogP contribution in [0.25, 0.3) is 0 Å². The molecule has 0 aliphatic rings. The first-order valence-corrected chi connectivity index (χ1v) is 7.16. The van der Waals surface area contributed by atoms with Gasteiger partial charge in [-0.1, -0.05) is 26.7 Å². The van der Waals surface area contributed by atoms with E-state index in [1.165, 1.54) is 0 Å². The van der Waals surface area contributed by atoms with Crippen molar-refractivity contribution in [2.75, 3.05) is 13.2 Å². The average Bonchev–Trinajstić information content (AvgIpc) is 2.32. The standard InChI is InChI=1S/C15H28O4/c1-6-8-12(9-7-2)13(16)18-10-11-19-14(17)15(3,4)5/h12H,6-11H2,1-5H3. The minimum atomic E-state index is -0.517. The molecule has 0 bridgehead atoms. The number of rotatable bonds is 8. The number of ether oxygens (including phenoxy) is 2. The number of hydrogen-bond acceptors (Lipinski definition) is 4. The van der Waals surface area contributed by atoms with Gasteiger partial charge in [-0.05, 0) is 33.6 Å². The summed E-state index contributed by atoms with van der Waals surface area (Å²) in [6.07, 6.45) is 3.65. The van der Waals surface area contributed by atoms with E-state index in [-0.39, 0.29) is 31.1 Å². The molecular weight excluding hydrogens is 244 g/mol. The first-order valence-electron chi connectivity index (χ1n) is 7.16. The molecule has 0 N–H and O–H groups in total. The molecule has 0 spiro atoms. The lowest BCUT2D eigenvalue weighted by Crippen LogP contribution is -2.26. The van der Waals surface area contributed by atoms with Crippen LogP contribution >= 0.6 is 0 Å². The van der Waals surface area contributed by atoms with Crippen molar-refractivity contribution in [2.24, 2.45) is 11.3 Å². The predicted molar refractivity (Wildman–Crippen MR) is 74.7 cm³/mol. The van der Waals surface area contributed by atoms with Gasteiger partial charge in [0.1, 0.15) is 13.2 Å². The van der Waals surface area contributed by atoms with E-state index in [1.54, 1.807) is 20.8 Å². The summed E-state index contributed by atoms with van der Waals surface area (Å²) >= 11 is 0. The molecule has 0 unspecified atom stereocenters. The Hall–Kier alpha value is -1.06. The van der Waals surface area contributed by atoms with Crippen LogP contribution in [0.2, 0.25) is 0 Å². The topological polar surface area (TPSA) is 52.6 Å². The van der Waals surface area contributed by atoms with Gasteiger partial charge in [-0.25, -0.2) is 0 Å². The molecule has 0 radical (unpaired) electrons. The molecule has 0 saturated carbocycles. The van der Waals surface area contributed by atoms with Crippen LogP contribution in [0.4, 0.5) is 0 Å². The summed E-state index contributed by atoms with van der Waals surface area (Å²) in [7, 11) is 0. The van der Waals surface area contributed by atoms with Gasteiger partial charge in [0.25, 0.3) is 0 Å². The molecule has 4 nitrogen and oxygen atoms in total. The highest BCUT2D eigenvalue weighted by atomic mass is 16.6. The summed E-state index contributed by atoms with van der Waals surface area (Å²) in [5, 5.41) is 0. The van der Waals surface area contributed by atoms with Crippen molar-refractivity contribution in [3.8, 4) is 0 Å². The summed E-state index contributed by atoms with van der Waals surface area (Å²) in [5.74, 6) is -0.467. The van der Waals surface area contributed by atoms with Gasteiger partial charge in [0.2, 0.25) is 0 Å². The van der Waals surface area contributed by atoms with Crippen molar-refractivity contribution >= 4 is 11.9 Å². The Labute approximate surface area is 116 Å². The van der Waals surface area contributed by atoms with Crippen molar-refractivity contribution in [3.05, 3.63) is 0 Å². The Morgan fingerprint density at radius 1 is 0.947 bits per heavy atom. The van der Waals surface area contributed by atoms with Gasteiger partial charge in [-0.15, -0.1) is 0 Å². The maximum absolute atomic E-state index is 11.8. The molecule has 0 atom stereocenters. The van der Waals surface area contributed by atoms with Gasteiger partial charge in [0.05, 0.1) is 11.3 Å². The molecular formula is C15H28O4. The minimum absolute atomic E-state index is 0.0201. The first-order chi connectivity index (χ1) is 8.82. The first kappa shape index (κ1) is 17.9. The van der Waals surface area contributed by atoms with Gasteiger partial charge in [0, 0.05) is 0 Å². The van der Waals surface area contributed by atoms with E-state index in [0.29, 0.717) is 0 Å². The number of hydrogen-bond donors (Lipinski definition) is 0. The number of esters is 2. The fraction of sp³-hybridized carbons (Fsp3) is 0.867. The van der Waals surface area contributed by atoms with Gasteiger partial charge in [0.15, 0.2) is 0 Å². The largest absolute Gasteiger partial charge is 0.462 e. The van der Waals surface area contributed by atoms with E-state index < -0.39 is 5.41 Å². The summed E-state index contributed by atoms with van der Waals surface area (Å²) in [4.78, 5) is 23.3. The highest BCUT2D eigenvalue weighted by molar-refractivity contribution is 5.75. The molecule has 0 heterocycles. The Kier molecular flexibility index (Phi) is 8.44. The fourth-order valence-electron chi connectivity index (χ4n) is 1.69. The quantitative estimate of drug-likeness (QED) is 0.502. The second kappa shape index (κ2) is 8.94. The zero-order chi connectivity index (χ0) is 14.9. The monoisotopic (exact) mass is 272 g/mol. The lowest BCUT2D eigenvalue weighted by molar-refractivity contribution is -0.160. The second-order valence-electron chi connectivity index (χ2n) is 5.83. The molecule has 0 fully saturated rings. The average molecular weight is 272 g/mol. The lowest BCUT2D eigenvalue weighted by Gasteiger charge is -2.17. The third kappa shape index (κ3) is 7.85. The highest BCUT2D eigenvalue weighted by Gasteiger charge is 2.23. The van der Waals surface area contributed by atoms with Crippen LogP contribution in [-0.2, 0) is 19.1 Å². The van der Waals surface area contributed by atoms with Gasteiger partial charge < -0.3 is 9.47 Å². The summed E-state index contributed by atoms with van der Waals surface area (Å²) in [5.41, 5.74) is -0.517. The number of carbonyl (C=O) groups excluding carboxylic acids is 2. The fourth-order valence-corrected chi connectivity index (χ4v) is 1.69. The van der Waals surface area contributed by atoms with Crippen LogP contribution in [0.1, 0.15) is 60.3 Å². The molecule has 0 rings (SSSR count). The Balaban J connectivity index is 3.93. The van der Waals surface area contributed by atoms with E-state index >= 15 is 0 Å². The Morgan fingerprint density at radius 2 is 1.42 bits per heavy atom. The molecule has 19 heavy (non-hydrogen) atoms. The smallest absolute Gasteiger partial charge is 0.311 e. The van der Waals surface area contributed by atoms with Gasteiger partial charge in [-0.2, -0.15) is 0 Å². The zero-order valence-corrected chi connectivity index (χ0v) is 13.0. The number of carbonyl (C=O) groups is 2. The maximum atomic E-state index is 11.8. The van der Waals surface area contributed by atoms with E-state index in [4.69, 9.17) is 9.47 Å². The van der Waals surface area contributed by atoms with Crippen molar-refractivity contribution in [2.45, 2.75) is 60.3 Å². The van der Waals surface area contributed by atoms with E-state index in [0.717, 1.165) is 25.7 Å². The molecule has 0 aliphatic carbocycles. The van der Waals surface area contributed by atoms with Crippen molar-refractivity contribution < 1.29 is 19.1 Å². The molecule has 0 aromatic rings. The Bertz CT molecular complexity index is 272. The predicted octanol–water partition coefficient (Wildman–Crippen LogP) is 3.34. The molecule has 0 aromatic heterocycles. The van der Waals surface area contributed by atoms with Crippen LogP contribution in [0.15, 0.2) is 0 Å². The molecule has 0 aliphatic heterocycles. The van der Waals surface area contributed by atoms with E-state index in [1.807, 2.05) is 0 Å². The maximum Gasteiger partial charge on any atom is 0.311 e. The van der Waals surface area contributed by atoms with Crippen LogP contribution in [-0.4, -0.2) is 25.2 Å². The van der Waals surface area contributed by atoms with E-state index in [9.17, 15) is 9.59 Å². The van der Waals surface area contributed by atoms with Gasteiger partial charge >= 0.3 is 11.9 Å². The van der Waals surface area contributed by atoms with Crippen LogP contribution < -0.4 is 0 Å². The second-order valence-corrected chi connectivity index (χ2v) is 5.83. The third-order valence-corrected chi connectivity index (χ3v) is 2.78. The molecule has 112 valence electrons. The van der Waals surface area contributed by atoms with Crippen molar-refractivity contribution in [3.63, 3.8) is 0 Å². The van der Waals surface area contributed by atoms with Crippen LogP contribution in [0.5, 0.6) is 0 Å². The summed E-state index contributed by atoms with van der Waals surface area (Å²) in [6, 6.07) is 0. The molecule has 0 aromatic carbocycles. The summed E-state index contributed by atoms with van der Waals surface area (Å²) in [6.45, 7) is 9.76.